The van der Waals surface area contributed by atoms with Crippen LogP contribution >= 0.6 is 11.5 Å². The average molecular weight is 153 g/mol. The molecule has 0 aliphatic heterocycles. The smallest absolute Gasteiger partial charge is 0.0796 e. The Hall–Kier alpha value is -0.630. The molecule has 0 saturated carbocycles. The summed E-state index contributed by atoms with van der Waals surface area (Å²) in [6.45, 7) is 4.16. The van der Waals surface area contributed by atoms with Gasteiger partial charge >= 0.3 is 0 Å². The Balaban J connectivity index is 2.90. The molecule has 0 atom stereocenters. The molecular formula is C8H11NS. The molecule has 54 valence electrons. The summed E-state index contributed by atoms with van der Waals surface area (Å²) < 4.78 is 4.23. The second-order valence-electron chi connectivity index (χ2n) is 2.08. The second-order valence-corrected chi connectivity index (χ2v) is 2.71. The van der Waals surface area contributed by atoms with E-state index in [9.17, 15) is 0 Å². The maximum absolute atomic E-state index is 4.23. The van der Waals surface area contributed by atoms with E-state index < -0.39 is 0 Å². The summed E-state index contributed by atoms with van der Waals surface area (Å²) >= 11 is 1.53. The third-order valence-electron chi connectivity index (χ3n) is 1.38. The van der Waals surface area contributed by atoms with Crippen LogP contribution in [0.25, 0.3) is 6.08 Å². The first-order chi connectivity index (χ1) is 4.88. The molecule has 0 N–H and O–H groups in total. The molecule has 1 rings (SSSR count). The molecule has 10 heavy (non-hydrogen) atoms. The molecule has 0 fully saturated rings. The Bertz CT molecular complexity index is 225. The van der Waals surface area contributed by atoms with Crippen LogP contribution in [0.4, 0.5) is 0 Å². The Morgan fingerprint density at radius 2 is 2.50 bits per heavy atom. The Morgan fingerprint density at radius 3 is 3.10 bits per heavy atom. The SMILES string of the molecule is C/C=C\c1nscc1CC. The van der Waals surface area contributed by atoms with Crippen LogP contribution in [0.2, 0.25) is 0 Å². The van der Waals surface area contributed by atoms with Crippen molar-refractivity contribution in [1.29, 1.82) is 0 Å². The lowest BCUT2D eigenvalue weighted by atomic mass is 10.2. The maximum atomic E-state index is 4.23. The van der Waals surface area contributed by atoms with Crippen LogP contribution < -0.4 is 0 Å². The standard InChI is InChI=1S/C8H11NS/c1-3-5-8-7(4-2)6-10-9-8/h3,5-6H,4H2,1-2H3/b5-3-. The molecule has 1 nitrogen and oxygen atoms in total. The fourth-order valence-corrected chi connectivity index (χ4v) is 1.58. The first-order valence-corrected chi connectivity index (χ1v) is 4.28. The molecule has 0 bridgehead atoms. The summed E-state index contributed by atoms with van der Waals surface area (Å²) in [6, 6.07) is 0. The molecule has 1 aromatic heterocycles. The lowest BCUT2D eigenvalue weighted by molar-refractivity contribution is 1.13. The molecule has 1 heterocycles. The third kappa shape index (κ3) is 1.45. The van der Waals surface area contributed by atoms with Crippen molar-refractivity contribution in [3.05, 3.63) is 22.7 Å². The van der Waals surface area contributed by atoms with Gasteiger partial charge in [-0.1, -0.05) is 13.0 Å². The van der Waals surface area contributed by atoms with Crippen molar-refractivity contribution in [1.82, 2.24) is 4.37 Å². The largest absolute Gasteiger partial charge is 0.193 e. The summed E-state index contributed by atoms with van der Waals surface area (Å²) in [5.41, 5.74) is 2.48. The van der Waals surface area contributed by atoms with Gasteiger partial charge in [0.05, 0.1) is 5.69 Å². The Kier molecular flexibility index (Phi) is 2.63. The van der Waals surface area contributed by atoms with Crippen molar-refractivity contribution in [3.63, 3.8) is 0 Å². The van der Waals surface area contributed by atoms with Gasteiger partial charge in [0.1, 0.15) is 0 Å². The van der Waals surface area contributed by atoms with E-state index in [0.29, 0.717) is 0 Å². The minimum atomic E-state index is 1.08. The number of allylic oxidation sites excluding steroid dienone is 1. The van der Waals surface area contributed by atoms with Crippen LogP contribution in [0.3, 0.4) is 0 Å². The number of aryl methyl sites for hydroxylation is 1. The first kappa shape index (κ1) is 7.48. The van der Waals surface area contributed by atoms with E-state index in [2.05, 4.69) is 22.8 Å². The molecule has 0 unspecified atom stereocenters. The highest BCUT2D eigenvalue weighted by molar-refractivity contribution is 7.03. The fourth-order valence-electron chi connectivity index (χ4n) is 0.826. The number of nitrogens with zero attached hydrogens (tertiary/aromatic N) is 1. The molecule has 0 saturated heterocycles. The molecule has 0 aliphatic rings. The van der Waals surface area contributed by atoms with E-state index in [-0.39, 0.29) is 0 Å². The van der Waals surface area contributed by atoms with Gasteiger partial charge in [0.25, 0.3) is 0 Å². The van der Waals surface area contributed by atoms with Crippen molar-refractivity contribution in [2.45, 2.75) is 20.3 Å². The molecule has 1 aromatic rings. The van der Waals surface area contributed by atoms with Gasteiger partial charge in [0, 0.05) is 5.38 Å². The first-order valence-electron chi connectivity index (χ1n) is 3.44. The monoisotopic (exact) mass is 153 g/mol. The molecule has 0 spiro atoms. The zero-order valence-electron chi connectivity index (χ0n) is 6.29. The predicted octanol–water partition coefficient (Wildman–Crippen LogP) is 2.74. The zero-order chi connectivity index (χ0) is 7.40. The van der Waals surface area contributed by atoms with Crippen molar-refractivity contribution in [3.8, 4) is 0 Å². The molecule has 2 heteroatoms. The Morgan fingerprint density at radius 1 is 1.70 bits per heavy atom. The molecule has 0 amide bonds. The quantitative estimate of drug-likeness (QED) is 0.636. The molecular weight excluding hydrogens is 142 g/mol. The van der Waals surface area contributed by atoms with E-state index in [1.165, 1.54) is 17.1 Å². The normalized spacial score (nSPS) is 11.0. The lowest BCUT2D eigenvalue weighted by Crippen LogP contribution is -1.79. The fraction of sp³-hybridized carbons (Fsp3) is 0.375. The summed E-state index contributed by atoms with van der Waals surface area (Å²) in [6.07, 6.45) is 5.15. The van der Waals surface area contributed by atoms with Gasteiger partial charge in [-0.15, -0.1) is 0 Å². The average Bonchev–Trinajstić information content (AvgIpc) is 2.36. The number of aromatic nitrogens is 1. The summed E-state index contributed by atoms with van der Waals surface area (Å²) in [5.74, 6) is 0. The van der Waals surface area contributed by atoms with E-state index in [1.807, 2.05) is 13.0 Å². The van der Waals surface area contributed by atoms with Gasteiger partial charge in [0.2, 0.25) is 0 Å². The molecule has 0 aromatic carbocycles. The van der Waals surface area contributed by atoms with E-state index in [4.69, 9.17) is 0 Å². The van der Waals surface area contributed by atoms with Gasteiger partial charge in [-0.05, 0) is 36.5 Å². The van der Waals surface area contributed by atoms with Gasteiger partial charge in [-0.2, -0.15) is 4.37 Å². The topological polar surface area (TPSA) is 12.9 Å². The second kappa shape index (κ2) is 3.52. The maximum Gasteiger partial charge on any atom is 0.0796 e. The number of hydrogen-bond donors (Lipinski definition) is 0. The minimum absolute atomic E-state index is 1.08. The van der Waals surface area contributed by atoms with E-state index in [1.54, 1.807) is 0 Å². The number of rotatable bonds is 2. The van der Waals surface area contributed by atoms with Gasteiger partial charge in [-0.25, -0.2) is 0 Å². The van der Waals surface area contributed by atoms with Crippen LogP contribution in [-0.2, 0) is 6.42 Å². The zero-order valence-corrected chi connectivity index (χ0v) is 7.11. The van der Waals surface area contributed by atoms with E-state index in [0.717, 1.165) is 12.1 Å². The third-order valence-corrected chi connectivity index (χ3v) is 2.07. The molecule has 0 aliphatic carbocycles. The van der Waals surface area contributed by atoms with Gasteiger partial charge in [-0.3, -0.25) is 0 Å². The van der Waals surface area contributed by atoms with Crippen LogP contribution in [0.5, 0.6) is 0 Å². The van der Waals surface area contributed by atoms with Crippen molar-refractivity contribution in [2.24, 2.45) is 0 Å². The summed E-state index contributed by atoms with van der Waals surface area (Å²) in [5, 5.41) is 2.11. The predicted molar refractivity (Wildman–Crippen MR) is 46.2 cm³/mol. The highest BCUT2D eigenvalue weighted by Gasteiger charge is 1.97. The number of hydrogen-bond acceptors (Lipinski definition) is 2. The van der Waals surface area contributed by atoms with Crippen LogP contribution in [-0.4, -0.2) is 4.37 Å². The lowest BCUT2D eigenvalue weighted by Gasteiger charge is -1.88. The van der Waals surface area contributed by atoms with Crippen molar-refractivity contribution in [2.75, 3.05) is 0 Å². The van der Waals surface area contributed by atoms with E-state index >= 15 is 0 Å². The minimum Gasteiger partial charge on any atom is -0.193 e. The van der Waals surface area contributed by atoms with Gasteiger partial charge in [0.15, 0.2) is 0 Å². The van der Waals surface area contributed by atoms with Crippen molar-refractivity contribution >= 4 is 17.6 Å². The highest BCUT2D eigenvalue weighted by Crippen LogP contribution is 2.12. The highest BCUT2D eigenvalue weighted by atomic mass is 32.1. The van der Waals surface area contributed by atoms with Crippen LogP contribution in [0.1, 0.15) is 25.1 Å². The van der Waals surface area contributed by atoms with Crippen molar-refractivity contribution < 1.29 is 0 Å². The van der Waals surface area contributed by atoms with Crippen LogP contribution in [0.15, 0.2) is 11.5 Å². The Labute approximate surface area is 65.6 Å². The summed E-state index contributed by atoms with van der Waals surface area (Å²) in [4.78, 5) is 0. The van der Waals surface area contributed by atoms with Crippen LogP contribution in [0, 0.1) is 0 Å². The molecule has 0 radical (unpaired) electrons. The van der Waals surface area contributed by atoms with Gasteiger partial charge < -0.3 is 0 Å². The summed E-state index contributed by atoms with van der Waals surface area (Å²) in [7, 11) is 0.